The predicted molar refractivity (Wildman–Crippen MR) is 85.0 cm³/mol. The summed E-state index contributed by atoms with van der Waals surface area (Å²) in [5.41, 5.74) is 0.305. The van der Waals surface area contributed by atoms with Crippen LogP contribution in [0, 0.1) is 5.41 Å². The molecule has 0 radical (unpaired) electrons. The molecule has 0 spiro atoms. The van der Waals surface area contributed by atoms with Crippen LogP contribution in [-0.2, 0) is 0 Å². The lowest BCUT2D eigenvalue weighted by Crippen LogP contribution is -2.59. The SMILES string of the molecule is CC(C)(C)CC(C)(C)SCCC1NCC(O)C(O)C1O. The number of thioether (sulfide) groups is 1. The third-order valence-electron chi connectivity index (χ3n) is 3.62. The minimum Gasteiger partial charge on any atom is -0.389 e. The first-order valence-corrected chi connectivity index (χ1v) is 8.42. The molecule has 4 unspecified atom stereocenters. The number of nitrogens with one attached hydrogen (secondary N) is 1. The standard InChI is InChI=1S/C15H31NO3S/c1-14(2,3)9-15(4,5)20-7-6-10-12(18)13(19)11(17)8-16-10/h10-13,16-19H,6-9H2,1-5H3. The van der Waals surface area contributed by atoms with Crippen molar-refractivity contribution in [3.05, 3.63) is 0 Å². The molecule has 5 heteroatoms. The third kappa shape index (κ3) is 5.90. The zero-order chi connectivity index (χ0) is 15.6. The van der Waals surface area contributed by atoms with Gasteiger partial charge in [-0.15, -0.1) is 0 Å². The zero-order valence-electron chi connectivity index (χ0n) is 13.4. The summed E-state index contributed by atoms with van der Waals surface area (Å²) in [7, 11) is 0. The van der Waals surface area contributed by atoms with E-state index in [1.54, 1.807) is 0 Å². The molecule has 0 bridgehead atoms. The Morgan fingerprint density at radius 3 is 2.20 bits per heavy atom. The Bertz CT molecular complexity index is 304. The quantitative estimate of drug-likeness (QED) is 0.618. The number of hydrogen-bond donors (Lipinski definition) is 4. The van der Waals surface area contributed by atoms with Gasteiger partial charge in [0.25, 0.3) is 0 Å². The summed E-state index contributed by atoms with van der Waals surface area (Å²) in [6, 6.07) is -0.133. The third-order valence-corrected chi connectivity index (χ3v) is 4.99. The number of aliphatic hydroxyl groups is 3. The molecule has 0 aliphatic carbocycles. The molecule has 0 aromatic carbocycles. The van der Waals surface area contributed by atoms with E-state index in [1.807, 2.05) is 11.8 Å². The zero-order valence-corrected chi connectivity index (χ0v) is 14.2. The minimum absolute atomic E-state index is 0.133. The van der Waals surface area contributed by atoms with Crippen molar-refractivity contribution in [2.75, 3.05) is 12.3 Å². The van der Waals surface area contributed by atoms with Gasteiger partial charge < -0.3 is 20.6 Å². The molecule has 1 saturated heterocycles. The fourth-order valence-corrected chi connectivity index (χ4v) is 4.50. The van der Waals surface area contributed by atoms with Crippen molar-refractivity contribution in [3.8, 4) is 0 Å². The number of piperidine rings is 1. The first-order chi connectivity index (χ1) is 9.02. The van der Waals surface area contributed by atoms with Crippen LogP contribution >= 0.6 is 11.8 Å². The van der Waals surface area contributed by atoms with Gasteiger partial charge in [-0.25, -0.2) is 0 Å². The summed E-state index contributed by atoms with van der Waals surface area (Å²) >= 11 is 1.91. The van der Waals surface area contributed by atoms with Crippen molar-refractivity contribution in [3.63, 3.8) is 0 Å². The van der Waals surface area contributed by atoms with Crippen LogP contribution in [0.1, 0.15) is 47.5 Å². The van der Waals surface area contributed by atoms with Crippen LogP contribution in [0.25, 0.3) is 0 Å². The van der Waals surface area contributed by atoms with E-state index in [-0.39, 0.29) is 10.8 Å². The van der Waals surface area contributed by atoms with Crippen molar-refractivity contribution >= 4 is 11.8 Å². The van der Waals surface area contributed by atoms with E-state index < -0.39 is 18.3 Å². The van der Waals surface area contributed by atoms with E-state index in [4.69, 9.17) is 0 Å². The van der Waals surface area contributed by atoms with Crippen LogP contribution in [0.5, 0.6) is 0 Å². The van der Waals surface area contributed by atoms with Gasteiger partial charge >= 0.3 is 0 Å². The van der Waals surface area contributed by atoms with E-state index >= 15 is 0 Å². The van der Waals surface area contributed by atoms with Crippen molar-refractivity contribution < 1.29 is 15.3 Å². The average molecular weight is 305 g/mol. The number of hydrogen-bond acceptors (Lipinski definition) is 5. The number of aliphatic hydroxyl groups excluding tert-OH is 3. The Morgan fingerprint density at radius 1 is 1.05 bits per heavy atom. The first kappa shape index (κ1) is 18.2. The Kier molecular flexibility index (Phi) is 6.35. The molecule has 1 heterocycles. The molecular formula is C15H31NO3S. The maximum absolute atomic E-state index is 9.94. The molecule has 0 aromatic rings. The molecule has 4 N–H and O–H groups in total. The lowest BCUT2D eigenvalue weighted by atomic mass is 9.86. The van der Waals surface area contributed by atoms with E-state index in [0.717, 1.165) is 18.6 Å². The van der Waals surface area contributed by atoms with E-state index in [2.05, 4.69) is 39.9 Å². The molecule has 1 rings (SSSR count). The first-order valence-electron chi connectivity index (χ1n) is 7.43. The van der Waals surface area contributed by atoms with Crippen LogP contribution < -0.4 is 5.32 Å². The van der Waals surface area contributed by atoms with Crippen LogP contribution in [0.15, 0.2) is 0 Å². The van der Waals surface area contributed by atoms with Crippen LogP contribution in [-0.4, -0.2) is 56.7 Å². The minimum atomic E-state index is -1.03. The Hall–Kier alpha value is 0.190. The molecule has 0 saturated carbocycles. The largest absolute Gasteiger partial charge is 0.389 e. The van der Waals surface area contributed by atoms with E-state index in [1.165, 1.54) is 0 Å². The fourth-order valence-electron chi connectivity index (χ4n) is 3.04. The second-order valence-corrected chi connectivity index (χ2v) is 9.50. The van der Waals surface area contributed by atoms with Crippen molar-refractivity contribution in [1.29, 1.82) is 0 Å². The van der Waals surface area contributed by atoms with Gasteiger partial charge in [0.05, 0.1) is 12.2 Å². The monoisotopic (exact) mass is 305 g/mol. The second kappa shape index (κ2) is 6.97. The Balaban J connectivity index is 2.37. The van der Waals surface area contributed by atoms with E-state index in [0.29, 0.717) is 12.0 Å². The van der Waals surface area contributed by atoms with Crippen molar-refractivity contribution in [1.82, 2.24) is 5.32 Å². The highest BCUT2D eigenvalue weighted by molar-refractivity contribution is 8.00. The molecule has 120 valence electrons. The maximum atomic E-state index is 9.94. The molecule has 0 aromatic heterocycles. The van der Waals surface area contributed by atoms with Gasteiger partial charge in [-0.2, -0.15) is 11.8 Å². The molecule has 1 fully saturated rings. The average Bonchev–Trinajstić information content (AvgIpc) is 2.26. The van der Waals surface area contributed by atoms with Gasteiger partial charge in [-0.05, 0) is 24.0 Å². The van der Waals surface area contributed by atoms with Crippen molar-refractivity contribution in [2.45, 2.75) is 76.6 Å². The van der Waals surface area contributed by atoms with Gasteiger partial charge in [-0.1, -0.05) is 34.6 Å². The van der Waals surface area contributed by atoms with E-state index in [9.17, 15) is 15.3 Å². The highest BCUT2D eigenvalue weighted by atomic mass is 32.2. The summed E-state index contributed by atoms with van der Waals surface area (Å²) < 4.78 is 0.204. The van der Waals surface area contributed by atoms with Crippen LogP contribution in [0.2, 0.25) is 0 Å². The highest BCUT2D eigenvalue weighted by Crippen LogP contribution is 2.37. The van der Waals surface area contributed by atoms with Gasteiger partial charge in [0.2, 0.25) is 0 Å². The van der Waals surface area contributed by atoms with Gasteiger partial charge in [0, 0.05) is 17.3 Å². The van der Waals surface area contributed by atoms with Gasteiger partial charge in [-0.3, -0.25) is 0 Å². The predicted octanol–water partition coefficient (Wildman–Crippen LogP) is 1.38. The summed E-state index contributed by atoms with van der Waals surface area (Å²) in [6.45, 7) is 11.6. The molecule has 1 aliphatic heterocycles. The smallest absolute Gasteiger partial charge is 0.108 e. The lowest BCUT2D eigenvalue weighted by molar-refractivity contribution is -0.0942. The van der Waals surface area contributed by atoms with Crippen molar-refractivity contribution in [2.24, 2.45) is 5.41 Å². The Labute approximate surface area is 127 Å². The second-order valence-electron chi connectivity index (χ2n) is 7.70. The van der Waals surface area contributed by atoms with Gasteiger partial charge in [0.1, 0.15) is 6.10 Å². The van der Waals surface area contributed by atoms with Crippen LogP contribution in [0.4, 0.5) is 0 Å². The molecule has 0 amide bonds. The molecular weight excluding hydrogens is 274 g/mol. The number of β-amino-alcohol motifs (C(OH)–C–C–N with tert-alkyl or cyclic N) is 1. The molecule has 4 atom stereocenters. The summed E-state index contributed by atoms with van der Waals surface area (Å²) in [5.74, 6) is 0.931. The molecule has 4 nitrogen and oxygen atoms in total. The topological polar surface area (TPSA) is 72.7 Å². The fraction of sp³-hybridized carbons (Fsp3) is 1.00. The Morgan fingerprint density at radius 2 is 1.65 bits per heavy atom. The van der Waals surface area contributed by atoms with Crippen LogP contribution in [0.3, 0.4) is 0 Å². The maximum Gasteiger partial charge on any atom is 0.108 e. The van der Waals surface area contributed by atoms with Gasteiger partial charge in [0.15, 0.2) is 0 Å². The summed E-state index contributed by atoms with van der Waals surface area (Å²) in [4.78, 5) is 0. The molecule has 1 aliphatic rings. The number of rotatable bonds is 5. The summed E-state index contributed by atoms with van der Waals surface area (Å²) in [6.07, 6.45) is -0.860. The summed E-state index contributed by atoms with van der Waals surface area (Å²) in [5, 5.41) is 32.2. The highest BCUT2D eigenvalue weighted by Gasteiger charge is 2.36. The molecule has 20 heavy (non-hydrogen) atoms. The normalized spacial score (nSPS) is 32.4. The lowest BCUT2D eigenvalue weighted by Gasteiger charge is -2.37.